The van der Waals surface area contributed by atoms with E-state index in [1.165, 1.54) is 19.1 Å². The van der Waals surface area contributed by atoms with Crippen LogP contribution in [0.25, 0.3) is 0 Å². The Balaban J connectivity index is 1.69. The third kappa shape index (κ3) is 3.66. The van der Waals surface area contributed by atoms with E-state index in [2.05, 4.69) is 9.97 Å². The minimum Gasteiger partial charge on any atom is -0.337 e. The van der Waals surface area contributed by atoms with Gasteiger partial charge in [0.15, 0.2) is 0 Å². The summed E-state index contributed by atoms with van der Waals surface area (Å²) in [4.78, 5) is 48.1. The van der Waals surface area contributed by atoms with E-state index >= 15 is 0 Å². The van der Waals surface area contributed by atoms with Gasteiger partial charge in [-0.1, -0.05) is 12.1 Å². The quantitative estimate of drug-likeness (QED) is 0.840. The topological polar surface area (TPSA) is 86.4 Å². The lowest BCUT2D eigenvalue weighted by atomic mass is 9.99. The number of fused-ring (bicyclic) bond motifs is 1. The van der Waals surface area contributed by atoms with E-state index in [0.717, 1.165) is 12.8 Å². The normalized spacial score (nSPS) is 19.0. The molecular formula is C21H23FN4O3. The molecule has 1 fully saturated rings. The molecule has 7 nitrogen and oxygen atoms in total. The second-order valence-electron chi connectivity index (χ2n) is 7.56. The number of rotatable bonds is 2. The van der Waals surface area contributed by atoms with Crippen molar-refractivity contribution in [2.45, 2.75) is 45.2 Å². The maximum absolute atomic E-state index is 14.2. The molecule has 0 spiro atoms. The summed E-state index contributed by atoms with van der Waals surface area (Å²) in [5.74, 6) is -0.624. The molecule has 0 bridgehead atoms. The Bertz CT molecular complexity index is 1020. The molecule has 0 aliphatic carbocycles. The maximum Gasteiger partial charge on any atom is 0.257 e. The van der Waals surface area contributed by atoms with Crippen molar-refractivity contribution in [1.29, 1.82) is 0 Å². The fraction of sp³-hybridized carbons (Fsp3) is 0.429. The summed E-state index contributed by atoms with van der Waals surface area (Å²) >= 11 is 0. The number of piperidine rings is 1. The molecule has 2 amide bonds. The van der Waals surface area contributed by atoms with Gasteiger partial charge in [0.05, 0.1) is 23.8 Å². The van der Waals surface area contributed by atoms with E-state index in [9.17, 15) is 18.8 Å². The van der Waals surface area contributed by atoms with Crippen molar-refractivity contribution in [1.82, 2.24) is 19.8 Å². The van der Waals surface area contributed by atoms with Gasteiger partial charge >= 0.3 is 0 Å². The van der Waals surface area contributed by atoms with Crippen LogP contribution in [0.5, 0.6) is 0 Å². The first-order chi connectivity index (χ1) is 14.0. The summed E-state index contributed by atoms with van der Waals surface area (Å²) < 4.78 is 14.2. The molecule has 1 aromatic carbocycles. The first-order valence-electron chi connectivity index (χ1n) is 9.88. The van der Waals surface area contributed by atoms with Gasteiger partial charge in [0.1, 0.15) is 11.6 Å². The molecule has 0 saturated carbocycles. The Kier molecular flexibility index (Phi) is 5.17. The average Bonchev–Trinajstić information content (AvgIpc) is 2.73. The van der Waals surface area contributed by atoms with Crippen LogP contribution in [-0.4, -0.2) is 44.7 Å². The summed E-state index contributed by atoms with van der Waals surface area (Å²) in [6.45, 7) is 2.75. The Labute approximate surface area is 167 Å². The van der Waals surface area contributed by atoms with Gasteiger partial charge in [-0.25, -0.2) is 9.37 Å². The zero-order valence-electron chi connectivity index (χ0n) is 16.3. The summed E-state index contributed by atoms with van der Waals surface area (Å²) in [6.07, 6.45) is 2.79. The van der Waals surface area contributed by atoms with Crippen LogP contribution in [0.4, 0.5) is 4.39 Å². The molecule has 2 aliphatic heterocycles. The van der Waals surface area contributed by atoms with Crippen LogP contribution >= 0.6 is 0 Å². The zero-order valence-corrected chi connectivity index (χ0v) is 16.3. The van der Waals surface area contributed by atoms with Gasteiger partial charge in [0.25, 0.3) is 11.5 Å². The number of nitrogens with zero attached hydrogens (tertiary/aromatic N) is 3. The number of nitrogens with one attached hydrogen (secondary N) is 1. The number of hydrogen-bond donors (Lipinski definition) is 1. The number of aromatic amines is 1. The number of amides is 2. The molecule has 0 radical (unpaired) electrons. The van der Waals surface area contributed by atoms with Crippen LogP contribution in [0.3, 0.4) is 0 Å². The minimum absolute atomic E-state index is 0.0162. The van der Waals surface area contributed by atoms with Gasteiger partial charge in [-0.15, -0.1) is 0 Å². The van der Waals surface area contributed by atoms with Crippen molar-refractivity contribution < 1.29 is 14.0 Å². The van der Waals surface area contributed by atoms with E-state index in [0.29, 0.717) is 43.0 Å². The molecule has 8 heteroatoms. The van der Waals surface area contributed by atoms with Crippen LogP contribution in [0.15, 0.2) is 29.1 Å². The largest absolute Gasteiger partial charge is 0.337 e. The molecule has 2 aliphatic rings. The highest BCUT2D eigenvalue weighted by molar-refractivity contribution is 5.94. The van der Waals surface area contributed by atoms with E-state index in [1.54, 1.807) is 21.9 Å². The maximum atomic E-state index is 14.2. The number of halogens is 1. The van der Waals surface area contributed by atoms with Crippen molar-refractivity contribution >= 4 is 11.8 Å². The van der Waals surface area contributed by atoms with Crippen LogP contribution in [0.2, 0.25) is 0 Å². The predicted octanol–water partition coefficient (Wildman–Crippen LogP) is 2.18. The SMILES string of the molecule is CC(=O)N1CCc2c(nc(C3CCCCN3C(=O)c3ccccc3F)[nH]c2=O)C1. The third-order valence-electron chi connectivity index (χ3n) is 5.72. The lowest BCUT2D eigenvalue weighted by Crippen LogP contribution is -2.42. The number of aromatic nitrogens is 2. The Morgan fingerprint density at radius 2 is 2.00 bits per heavy atom. The minimum atomic E-state index is -0.564. The Morgan fingerprint density at radius 1 is 1.21 bits per heavy atom. The molecule has 1 unspecified atom stereocenters. The van der Waals surface area contributed by atoms with Crippen molar-refractivity contribution in [3.05, 3.63) is 63.1 Å². The van der Waals surface area contributed by atoms with E-state index < -0.39 is 17.8 Å². The average molecular weight is 398 g/mol. The molecule has 4 rings (SSSR count). The third-order valence-corrected chi connectivity index (χ3v) is 5.72. The van der Waals surface area contributed by atoms with Gasteiger partial charge < -0.3 is 14.8 Å². The monoisotopic (exact) mass is 398 g/mol. The van der Waals surface area contributed by atoms with Crippen LogP contribution in [0, 0.1) is 5.82 Å². The van der Waals surface area contributed by atoms with Gasteiger partial charge in [-0.2, -0.15) is 0 Å². The number of benzene rings is 1. The van der Waals surface area contributed by atoms with E-state index in [-0.39, 0.29) is 23.6 Å². The summed E-state index contributed by atoms with van der Waals surface area (Å²) in [7, 11) is 0. The molecule has 3 heterocycles. The number of carbonyl (C=O) groups is 2. The van der Waals surface area contributed by atoms with Crippen molar-refractivity contribution in [3.8, 4) is 0 Å². The van der Waals surface area contributed by atoms with Crippen molar-refractivity contribution in [2.24, 2.45) is 0 Å². The van der Waals surface area contributed by atoms with Gasteiger partial charge in [-0.3, -0.25) is 14.4 Å². The highest BCUT2D eigenvalue weighted by atomic mass is 19.1. The van der Waals surface area contributed by atoms with Gasteiger partial charge in [-0.05, 0) is 37.8 Å². The summed E-state index contributed by atoms with van der Waals surface area (Å²) in [5.41, 5.74) is 0.961. The second-order valence-corrected chi connectivity index (χ2v) is 7.56. The lowest BCUT2D eigenvalue weighted by molar-refractivity contribution is -0.129. The molecule has 2 aromatic rings. The summed E-state index contributed by atoms with van der Waals surface area (Å²) in [5, 5.41) is 0. The molecule has 1 saturated heterocycles. The molecule has 1 aromatic heterocycles. The van der Waals surface area contributed by atoms with Gasteiger partial charge in [0.2, 0.25) is 5.91 Å². The highest BCUT2D eigenvalue weighted by Gasteiger charge is 2.33. The zero-order chi connectivity index (χ0) is 20.5. The van der Waals surface area contributed by atoms with Gasteiger partial charge in [0, 0.05) is 25.6 Å². The lowest BCUT2D eigenvalue weighted by Gasteiger charge is -2.36. The number of carbonyl (C=O) groups excluding carboxylic acids is 2. The molecule has 1 N–H and O–H groups in total. The van der Waals surface area contributed by atoms with E-state index in [4.69, 9.17) is 0 Å². The van der Waals surface area contributed by atoms with Crippen LogP contribution < -0.4 is 5.56 Å². The fourth-order valence-electron chi connectivity index (χ4n) is 4.13. The second kappa shape index (κ2) is 7.77. The van der Waals surface area contributed by atoms with E-state index in [1.807, 2.05) is 0 Å². The highest BCUT2D eigenvalue weighted by Crippen LogP contribution is 2.31. The van der Waals surface area contributed by atoms with Crippen LogP contribution in [0.1, 0.15) is 59.7 Å². The standard InChI is InChI=1S/C21H23FN4O3/c1-13(27)25-11-9-15-17(12-25)23-19(24-20(15)28)18-8-4-5-10-26(18)21(29)14-6-2-3-7-16(14)22/h2-3,6-7,18H,4-5,8-12H2,1H3,(H,23,24,28). The number of H-pyrrole nitrogens is 1. The Hall–Kier alpha value is -3.03. The Morgan fingerprint density at radius 3 is 2.76 bits per heavy atom. The predicted molar refractivity (Wildman–Crippen MR) is 104 cm³/mol. The summed E-state index contributed by atoms with van der Waals surface area (Å²) in [6, 6.07) is 5.48. The fourth-order valence-corrected chi connectivity index (χ4v) is 4.13. The molecule has 1 atom stereocenters. The van der Waals surface area contributed by atoms with Crippen molar-refractivity contribution in [3.63, 3.8) is 0 Å². The molecule has 152 valence electrons. The molecule has 29 heavy (non-hydrogen) atoms. The first kappa shape index (κ1) is 19.3. The smallest absolute Gasteiger partial charge is 0.257 e. The molecular weight excluding hydrogens is 375 g/mol. The van der Waals surface area contributed by atoms with Crippen molar-refractivity contribution in [2.75, 3.05) is 13.1 Å². The first-order valence-corrected chi connectivity index (χ1v) is 9.88. The number of likely N-dealkylation sites (tertiary alicyclic amines) is 1. The number of hydrogen-bond acceptors (Lipinski definition) is 4. The van der Waals surface area contributed by atoms with Crippen LogP contribution in [-0.2, 0) is 17.8 Å².